The Balaban J connectivity index is 2.45. The van der Waals surface area contributed by atoms with E-state index in [0.29, 0.717) is 0 Å². The quantitative estimate of drug-likeness (QED) is 0.542. The van der Waals surface area contributed by atoms with Gasteiger partial charge in [-0.1, -0.05) is 6.58 Å². The predicted molar refractivity (Wildman–Crippen MR) is 42.3 cm³/mol. The molecule has 2 nitrogen and oxygen atoms in total. The van der Waals surface area contributed by atoms with E-state index in [4.69, 9.17) is 4.74 Å². The maximum Gasteiger partial charge on any atom is 0.0518 e. The second-order valence-corrected chi connectivity index (χ2v) is 2.53. The summed E-state index contributed by atoms with van der Waals surface area (Å²) in [7, 11) is 0. The van der Waals surface area contributed by atoms with Gasteiger partial charge in [0.2, 0.25) is 0 Å². The average Bonchev–Trinajstić information content (AvgIpc) is 1.88. The van der Waals surface area contributed by atoms with Crippen LogP contribution in [0.1, 0.15) is 19.8 Å². The van der Waals surface area contributed by atoms with Crippen LogP contribution in [0.25, 0.3) is 0 Å². The molecular formula is C8H13NO. The van der Waals surface area contributed by atoms with Gasteiger partial charge in [-0.2, -0.15) is 0 Å². The molecule has 1 aliphatic heterocycles. The highest BCUT2D eigenvalue weighted by Gasteiger charge is 2.05. The Morgan fingerprint density at radius 2 is 2.10 bits per heavy atom. The van der Waals surface area contributed by atoms with Crippen LogP contribution in [0.3, 0.4) is 0 Å². The number of allylic oxidation sites excluding steroid dienone is 1. The van der Waals surface area contributed by atoms with E-state index >= 15 is 0 Å². The number of rotatable bonds is 1. The molecule has 10 heavy (non-hydrogen) atoms. The molecule has 0 unspecified atom stereocenters. The van der Waals surface area contributed by atoms with Gasteiger partial charge in [-0.25, -0.2) is 0 Å². The third-order valence-corrected chi connectivity index (χ3v) is 1.42. The van der Waals surface area contributed by atoms with Crippen molar-refractivity contribution in [3.63, 3.8) is 0 Å². The molecule has 1 heterocycles. The van der Waals surface area contributed by atoms with E-state index in [1.54, 1.807) is 0 Å². The monoisotopic (exact) mass is 139 g/mol. The van der Waals surface area contributed by atoms with Crippen molar-refractivity contribution < 1.29 is 4.74 Å². The normalized spacial score (nSPS) is 18.7. The molecule has 1 fully saturated rings. The first-order valence-corrected chi connectivity index (χ1v) is 3.59. The summed E-state index contributed by atoms with van der Waals surface area (Å²) < 4.78 is 5.17. The molecule has 2 heteroatoms. The van der Waals surface area contributed by atoms with Crippen LogP contribution in [0.5, 0.6) is 0 Å². The highest BCUT2D eigenvalue weighted by Crippen LogP contribution is 2.04. The van der Waals surface area contributed by atoms with Gasteiger partial charge in [-0.05, 0) is 6.92 Å². The SMILES string of the molecule is C=C(C)N=C1CCOCC1. The van der Waals surface area contributed by atoms with Crippen LogP contribution in [-0.4, -0.2) is 18.9 Å². The van der Waals surface area contributed by atoms with Crippen LogP contribution in [0.4, 0.5) is 0 Å². The Morgan fingerprint density at radius 3 is 2.60 bits per heavy atom. The van der Waals surface area contributed by atoms with E-state index in [9.17, 15) is 0 Å². The largest absolute Gasteiger partial charge is 0.381 e. The van der Waals surface area contributed by atoms with E-state index in [2.05, 4.69) is 11.6 Å². The summed E-state index contributed by atoms with van der Waals surface area (Å²) >= 11 is 0. The van der Waals surface area contributed by atoms with E-state index in [1.807, 2.05) is 6.92 Å². The third-order valence-electron chi connectivity index (χ3n) is 1.42. The zero-order chi connectivity index (χ0) is 7.40. The number of ether oxygens (including phenoxy) is 1. The molecule has 0 N–H and O–H groups in total. The maximum atomic E-state index is 5.17. The summed E-state index contributed by atoms with van der Waals surface area (Å²) in [4.78, 5) is 4.28. The lowest BCUT2D eigenvalue weighted by molar-refractivity contribution is 0.135. The van der Waals surface area contributed by atoms with Gasteiger partial charge >= 0.3 is 0 Å². The Morgan fingerprint density at radius 1 is 1.50 bits per heavy atom. The summed E-state index contributed by atoms with van der Waals surface area (Å²) in [5.41, 5.74) is 2.13. The lowest BCUT2D eigenvalue weighted by Crippen LogP contribution is -2.14. The van der Waals surface area contributed by atoms with Crippen molar-refractivity contribution in [3.05, 3.63) is 12.3 Å². The van der Waals surface area contributed by atoms with Gasteiger partial charge in [-0.3, -0.25) is 4.99 Å². The topological polar surface area (TPSA) is 21.6 Å². The van der Waals surface area contributed by atoms with Crippen LogP contribution in [-0.2, 0) is 4.74 Å². The predicted octanol–water partition coefficient (Wildman–Crippen LogP) is 1.77. The van der Waals surface area contributed by atoms with Gasteiger partial charge in [0.05, 0.1) is 13.2 Å². The minimum atomic E-state index is 0.826. The molecule has 0 bridgehead atoms. The number of hydrogen-bond donors (Lipinski definition) is 0. The lowest BCUT2D eigenvalue weighted by atomic mass is 10.2. The van der Waals surface area contributed by atoms with Gasteiger partial charge in [0, 0.05) is 24.3 Å². The van der Waals surface area contributed by atoms with Crippen molar-refractivity contribution in [2.45, 2.75) is 19.8 Å². The second kappa shape index (κ2) is 3.52. The van der Waals surface area contributed by atoms with Crippen molar-refractivity contribution in [2.24, 2.45) is 4.99 Å². The zero-order valence-electron chi connectivity index (χ0n) is 6.39. The van der Waals surface area contributed by atoms with Crippen LogP contribution in [0.15, 0.2) is 17.3 Å². The van der Waals surface area contributed by atoms with Crippen molar-refractivity contribution in [3.8, 4) is 0 Å². The summed E-state index contributed by atoms with van der Waals surface area (Å²) in [6.45, 7) is 7.29. The lowest BCUT2D eigenvalue weighted by Gasteiger charge is -2.12. The van der Waals surface area contributed by atoms with Crippen LogP contribution in [0.2, 0.25) is 0 Å². The summed E-state index contributed by atoms with van der Waals surface area (Å²) in [5, 5.41) is 0. The Bertz CT molecular complexity index is 153. The zero-order valence-corrected chi connectivity index (χ0v) is 6.39. The molecule has 0 aromatic carbocycles. The molecule has 0 aromatic rings. The molecular weight excluding hydrogens is 126 g/mol. The van der Waals surface area contributed by atoms with E-state index in [-0.39, 0.29) is 0 Å². The summed E-state index contributed by atoms with van der Waals surface area (Å²) in [6.07, 6.45) is 1.96. The van der Waals surface area contributed by atoms with E-state index in [0.717, 1.165) is 31.8 Å². The fourth-order valence-electron chi connectivity index (χ4n) is 0.989. The van der Waals surface area contributed by atoms with Gasteiger partial charge in [0.15, 0.2) is 0 Å². The first kappa shape index (κ1) is 7.48. The molecule has 1 aliphatic rings. The summed E-state index contributed by atoms with van der Waals surface area (Å²) in [6, 6.07) is 0. The molecule has 0 amide bonds. The van der Waals surface area contributed by atoms with Crippen LogP contribution < -0.4 is 0 Å². The first-order chi connectivity index (χ1) is 4.79. The molecule has 56 valence electrons. The Kier molecular flexibility index (Phi) is 2.63. The molecule has 0 radical (unpaired) electrons. The minimum absolute atomic E-state index is 0.826. The number of nitrogens with zero attached hydrogens (tertiary/aromatic N) is 1. The second-order valence-electron chi connectivity index (χ2n) is 2.53. The molecule has 0 saturated carbocycles. The van der Waals surface area contributed by atoms with Crippen molar-refractivity contribution in [1.82, 2.24) is 0 Å². The fourth-order valence-corrected chi connectivity index (χ4v) is 0.989. The smallest absolute Gasteiger partial charge is 0.0518 e. The van der Waals surface area contributed by atoms with E-state index < -0.39 is 0 Å². The van der Waals surface area contributed by atoms with Crippen molar-refractivity contribution in [2.75, 3.05) is 13.2 Å². The molecule has 0 aromatic heterocycles. The van der Waals surface area contributed by atoms with Gasteiger partial charge in [0.1, 0.15) is 0 Å². The molecule has 0 atom stereocenters. The Labute approximate surface area is 61.6 Å². The van der Waals surface area contributed by atoms with Crippen molar-refractivity contribution >= 4 is 5.71 Å². The first-order valence-electron chi connectivity index (χ1n) is 3.59. The average molecular weight is 139 g/mol. The molecule has 1 saturated heterocycles. The standard InChI is InChI=1S/C8H13NO/c1-7(2)9-8-3-5-10-6-4-8/h1,3-6H2,2H3. The highest BCUT2D eigenvalue weighted by atomic mass is 16.5. The van der Waals surface area contributed by atoms with Gasteiger partial charge in [0.25, 0.3) is 0 Å². The van der Waals surface area contributed by atoms with E-state index in [1.165, 1.54) is 5.71 Å². The molecule has 1 rings (SSSR count). The molecule has 0 aliphatic carbocycles. The van der Waals surface area contributed by atoms with Crippen molar-refractivity contribution in [1.29, 1.82) is 0 Å². The Hall–Kier alpha value is -0.630. The summed E-state index contributed by atoms with van der Waals surface area (Å²) in [5.74, 6) is 0. The molecule has 0 spiro atoms. The fraction of sp³-hybridized carbons (Fsp3) is 0.625. The highest BCUT2D eigenvalue weighted by molar-refractivity contribution is 5.85. The van der Waals surface area contributed by atoms with Crippen LogP contribution in [0, 0.1) is 0 Å². The number of aliphatic imine (C=N–C) groups is 1. The van der Waals surface area contributed by atoms with Crippen LogP contribution >= 0.6 is 0 Å². The maximum absolute atomic E-state index is 5.17. The third kappa shape index (κ3) is 2.31. The minimum Gasteiger partial charge on any atom is -0.381 e. The number of hydrogen-bond acceptors (Lipinski definition) is 2. The van der Waals surface area contributed by atoms with Gasteiger partial charge in [-0.15, -0.1) is 0 Å². The van der Waals surface area contributed by atoms with Gasteiger partial charge < -0.3 is 4.74 Å².